The van der Waals surface area contributed by atoms with Gasteiger partial charge in [0.2, 0.25) is 11.7 Å². The predicted octanol–water partition coefficient (Wildman–Crippen LogP) is 4.61. The molecule has 1 aromatic carbocycles. The molecule has 1 atom stereocenters. The van der Waals surface area contributed by atoms with E-state index in [-0.39, 0.29) is 11.9 Å². The second-order valence-corrected chi connectivity index (χ2v) is 15.8. The molecule has 0 bridgehead atoms. The average Bonchev–Trinajstić information content (AvgIpc) is 3.39. The maximum Gasteiger partial charge on any atom is 0.411 e. The normalized spacial score (nSPS) is 17.1. The molecule has 5 N–H and O–H groups in total. The molecular formula is C34H52N8O7S. The number of thiazole rings is 1. The molecule has 15 nitrogen and oxygen atoms in total. The van der Waals surface area contributed by atoms with Crippen molar-refractivity contribution in [1.82, 2.24) is 29.9 Å². The second kappa shape index (κ2) is 15.8. The fourth-order valence-corrected chi connectivity index (χ4v) is 7.43. The predicted molar refractivity (Wildman–Crippen MR) is 191 cm³/mol. The van der Waals surface area contributed by atoms with Gasteiger partial charge in [0.05, 0.1) is 18.9 Å². The number of ether oxygens (including phenoxy) is 1. The number of hydrogen-bond acceptors (Lipinski definition) is 9. The topological polar surface area (TPSA) is 180 Å². The van der Waals surface area contributed by atoms with E-state index in [9.17, 15) is 29.4 Å². The third kappa shape index (κ3) is 9.54. The lowest BCUT2D eigenvalue weighted by Gasteiger charge is -2.55. The van der Waals surface area contributed by atoms with Crippen molar-refractivity contribution in [3.05, 3.63) is 40.4 Å². The van der Waals surface area contributed by atoms with Crippen LogP contribution in [-0.4, -0.2) is 123 Å². The quantitative estimate of drug-likeness (QED) is 0.218. The molecule has 1 unspecified atom stereocenters. The number of urea groups is 1. The van der Waals surface area contributed by atoms with Crippen molar-refractivity contribution in [1.29, 1.82) is 0 Å². The zero-order valence-corrected chi connectivity index (χ0v) is 31.0. The van der Waals surface area contributed by atoms with Crippen LogP contribution in [-0.2, 0) is 28.9 Å². The first-order valence-corrected chi connectivity index (χ1v) is 17.7. The summed E-state index contributed by atoms with van der Waals surface area (Å²) in [7, 11) is 0. The summed E-state index contributed by atoms with van der Waals surface area (Å²) in [4.78, 5) is 62.4. The van der Waals surface area contributed by atoms with Gasteiger partial charge in [0.1, 0.15) is 0 Å². The van der Waals surface area contributed by atoms with Gasteiger partial charge in [0.15, 0.2) is 5.13 Å². The van der Waals surface area contributed by atoms with Gasteiger partial charge in [-0.05, 0) is 51.3 Å². The van der Waals surface area contributed by atoms with E-state index in [2.05, 4.69) is 20.9 Å². The summed E-state index contributed by atoms with van der Waals surface area (Å²) < 4.78 is 5.38. The van der Waals surface area contributed by atoms with Crippen LogP contribution in [0.2, 0.25) is 0 Å². The summed E-state index contributed by atoms with van der Waals surface area (Å²) >= 11 is 1.46. The van der Waals surface area contributed by atoms with Crippen molar-refractivity contribution in [2.75, 3.05) is 63.1 Å². The fraction of sp³-hybridized carbons (Fsp3) is 0.618. The molecule has 50 heavy (non-hydrogen) atoms. The maximum absolute atomic E-state index is 12.9. The molecule has 0 radical (unpaired) electrons. The van der Waals surface area contributed by atoms with E-state index in [1.807, 2.05) is 34.1 Å². The molecule has 2 aliphatic heterocycles. The molecule has 4 rings (SSSR count). The van der Waals surface area contributed by atoms with E-state index in [1.165, 1.54) is 18.3 Å². The van der Waals surface area contributed by atoms with Crippen LogP contribution in [0.4, 0.5) is 25.2 Å². The van der Waals surface area contributed by atoms with Gasteiger partial charge < -0.3 is 35.4 Å². The number of nitrogens with zero attached hydrogens (tertiary/aromatic N) is 5. The van der Waals surface area contributed by atoms with E-state index in [0.717, 1.165) is 34.1 Å². The molecule has 1 aromatic heterocycles. The molecule has 2 aliphatic rings. The zero-order chi connectivity index (χ0) is 36.9. The van der Waals surface area contributed by atoms with Gasteiger partial charge in [-0.2, -0.15) is 0 Å². The summed E-state index contributed by atoms with van der Waals surface area (Å²) in [6.45, 7) is 17.7. The van der Waals surface area contributed by atoms with Gasteiger partial charge in [-0.3, -0.25) is 19.9 Å². The first-order valence-electron chi connectivity index (χ1n) is 16.9. The van der Waals surface area contributed by atoms with Crippen LogP contribution in [0.15, 0.2) is 24.3 Å². The van der Waals surface area contributed by atoms with Gasteiger partial charge >= 0.3 is 18.2 Å². The monoisotopic (exact) mass is 716 g/mol. The van der Waals surface area contributed by atoms with Gasteiger partial charge in [-0.15, -0.1) is 11.3 Å². The van der Waals surface area contributed by atoms with E-state index in [0.29, 0.717) is 69.6 Å². The summed E-state index contributed by atoms with van der Waals surface area (Å²) in [6.07, 6.45) is -1.36. The molecule has 3 heterocycles. The number of hydrogen-bond donors (Lipinski definition) is 5. The first-order chi connectivity index (χ1) is 23.4. The number of rotatable bonds is 10. The van der Waals surface area contributed by atoms with Crippen molar-refractivity contribution in [3.8, 4) is 0 Å². The van der Waals surface area contributed by atoms with Crippen LogP contribution >= 0.6 is 11.3 Å². The number of carbonyl (C=O) groups is 4. The smallest absolute Gasteiger partial charge is 0.411 e. The Hall–Kier alpha value is -4.15. The summed E-state index contributed by atoms with van der Waals surface area (Å²) in [5.74, 6) is -1.90. The Morgan fingerprint density at radius 3 is 2.02 bits per heavy atom. The molecule has 16 heteroatoms. The number of carboxylic acid groups (broad SMARTS) is 2. The molecule has 0 spiro atoms. The molecule has 2 fully saturated rings. The minimum Gasteiger partial charge on any atom is -0.465 e. The minimum atomic E-state index is -1.71. The first kappa shape index (κ1) is 38.6. The van der Waals surface area contributed by atoms with E-state index >= 15 is 0 Å². The lowest BCUT2D eigenvalue weighted by molar-refractivity contribution is -0.114. The van der Waals surface area contributed by atoms with Crippen molar-refractivity contribution >= 4 is 46.3 Å². The number of nitrogens with one attached hydrogen (secondary N) is 3. The Balaban J connectivity index is 1.46. The minimum absolute atomic E-state index is 0.0660. The van der Waals surface area contributed by atoms with E-state index < -0.39 is 28.9 Å². The van der Waals surface area contributed by atoms with Gasteiger partial charge in [-0.1, -0.05) is 32.9 Å². The highest BCUT2D eigenvalue weighted by Gasteiger charge is 2.54. The third-order valence-corrected chi connectivity index (χ3v) is 9.85. The number of aromatic nitrogens is 1. The molecule has 276 valence electrons. The number of benzene rings is 1. The van der Waals surface area contributed by atoms with Crippen LogP contribution in [0.5, 0.6) is 0 Å². The Morgan fingerprint density at radius 2 is 1.50 bits per heavy atom. The zero-order valence-electron chi connectivity index (χ0n) is 30.2. The van der Waals surface area contributed by atoms with E-state index in [1.54, 1.807) is 41.5 Å². The number of anilines is 2. The van der Waals surface area contributed by atoms with Crippen molar-refractivity contribution < 1.29 is 34.1 Å². The van der Waals surface area contributed by atoms with Crippen molar-refractivity contribution in [2.24, 2.45) is 5.41 Å². The van der Waals surface area contributed by atoms with Crippen LogP contribution in [0.25, 0.3) is 0 Å². The molecule has 2 aromatic rings. The van der Waals surface area contributed by atoms with Crippen LogP contribution in [0, 0.1) is 5.41 Å². The summed E-state index contributed by atoms with van der Waals surface area (Å²) in [5.41, 5.74) is 0.579. The van der Waals surface area contributed by atoms with Crippen LogP contribution in [0.1, 0.15) is 64.6 Å². The van der Waals surface area contributed by atoms with Gasteiger partial charge in [0, 0.05) is 74.3 Å². The number of carbonyl (C=O) groups excluding carboxylic acids is 2. The van der Waals surface area contributed by atoms with Crippen LogP contribution < -0.4 is 16.0 Å². The van der Waals surface area contributed by atoms with Crippen molar-refractivity contribution in [3.63, 3.8) is 0 Å². The molecule has 0 aliphatic carbocycles. The molecular weight excluding hydrogens is 664 g/mol. The Kier molecular flexibility index (Phi) is 12.2. The second-order valence-electron chi connectivity index (χ2n) is 14.7. The maximum atomic E-state index is 12.9. The third-order valence-electron chi connectivity index (χ3n) is 8.85. The number of morpholine rings is 1. The molecule has 0 saturated carbocycles. The Bertz CT molecular complexity index is 1510. The number of aryl methyl sites for hydroxylation is 2. The Morgan fingerprint density at radius 1 is 0.900 bits per heavy atom. The highest BCUT2D eigenvalue weighted by molar-refractivity contribution is 7.15. The fourth-order valence-electron chi connectivity index (χ4n) is 6.33. The number of piperazine rings is 1. The highest BCUT2D eigenvalue weighted by Crippen LogP contribution is 2.39. The lowest BCUT2D eigenvalue weighted by Crippen LogP contribution is -2.76. The summed E-state index contributed by atoms with van der Waals surface area (Å²) in [5, 5.41) is 29.2. The molecule has 5 amide bonds. The van der Waals surface area contributed by atoms with Crippen molar-refractivity contribution in [2.45, 2.75) is 79.2 Å². The summed E-state index contributed by atoms with van der Waals surface area (Å²) in [6, 6.07) is 7.53. The number of amides is 5. The SMILES string of the molecule is CC(=O)Nc1nc(CCc2ccc(NC(NC(=O)O)(N(C(=O)O)C(C)(C)C)C(C)(C)C)cc2)c(CN2CCN(C(=O)N3CCOCC3)CC2)s1. The average molecular weight is 717 g/mol. The Labute approximate surface area is 297 Å². The largest absolute Gasteiger partial charge is 0.465 e. The van der Waals surface area contributed by atoms with E-state index in [4.69, 9.17) is 9.72 Å². The van der Waals surface area contributed by atoms with Gasteiger partial charge in [0.25, 0.3) is 0 Å². The lowest BCUT2D eigenvalue weighted by atomic mass is 9.82. The molecule has 2 saturated heterocycles. The van der Waals surface area contributed by atoms with Crippen LogP contribution in [0.3, 0.4) is 0 Å². The van der Waals surface area contributed by atoms with Gasteiger partial charge in [-0.25, -0.2) is 19.4 Å². The highest BCUT2D eigenvalue weighted by atomic mass is 32.1. The standard InChI is InChI=1S/C34H52N8O7S/c1-23(43)35-28-36-26(27(50-28)22-39-14-16-40(17-15-39)30(46)41-18-20-49-21-19-41)13-10-24-8-11-25(12-9-24)37-34(32(2,3)4,38-29(44)45)42(31(47)48)33(5,6)7/h8-9,11-12,37-38H,10,13-22H2,1-7H3,(H,44,45)(H,47,48)(H,35,36,43).